The number of hydrogen-bond acceptors (Lipinski definition) is 5. The number of aliphatic hydroxyl groups excluding tert-OH is 1. The Kier molecular flexibility index (Phi) is 7.62. The van der Waals surface area contributed by atoms with Gasteiger partial charge < -0.3 is 5.11 Å². The van der Waals surface area contributed by atoms with E-state index < -0.39 is 0 Å². The van der Waals surface area contributed by atoms with Crippen LogP contribution in [0.1, 0.15) is 18.1 Å². The molecule has 0 bridgehead atoms. The average molecular weight is 345 g/mol. The van der Waals surface area contributed by atoms with Crippen LogP contribution in [0.5, 0.6) is 0 Å². The lowest BCUT2D eigenvalue weighted by atomic mass is 10.1. The molecule has 0 aromatic heterocycles. The molecule has 1 fully saturated rings. The summed E-state index contributed by atoms with van der Waals surface area (Å²) >= 11 is 0. The van der Waals surface area contributed by atoms with Gasteiger partial charge in [0, 0.05) is 45.8 Å². The van der Waals surface area contributed by atoms with Crippen molar-refractivity contribution in [1.29, 1.82) is 0 Å². The van der Waals surface area contributed by atoms with Crippen molar-refractivity contribution in [2.45, 2.75) is 20.4 Å². The molecule has 1 aliphatic rings. The molecule has 138 valence electrons. The van der Waals surface area contributed by atoms with Crippen LogP contribution in [0.15, 0.2) is 36.6 Å². The van der Waals surface area contributed by atoms with Crippen molar-refractivity contribution in [2.75, 3.05) is 52.4 Å². The Morgan fingerprint density at radius 1 is 0.960 bits per heavy atom. The van der Waals surface area contributed by atoms with E-state index in [0.717, 1.165) is 45.8 Å². The van der Waals surface area contributed by atoms with Crippen LogP contribution in [0, 0.1) is 6.92 Å². The minimum Gasteiger partial charge on any atom is -0.512 e. The topological polar surface area (TPSA) is 47.0 Å². The van der Waals surface area contributed by atoms with Gasteiger partial charge in [-0.05, 0) is 19.4 Å². The molecule has 25 heavy (non-hydrogen) atoms. The first kappa shape index (κ1) is 19.6. The summed E-state index contributed by atoms with van der Waals surface area (Å²) < 4.78 is 0. The van der Waals surface area contributed by atoms with Gasteiger partial charge in [0.2, 0.25) is 0 Å². The molecule has 0 unspecified atom stereocenters. The number of hydrogen-bond donors (Lipinski definition) is 1. The van der Waals surface area contributed by atoms with Gasteiger partial charge in [0.25, 0.3) is 0 Å². The number of aryl methyl sites for hydroxylation is 1. The molecule has 5 heteroatoms. The molecule has 1 saturated heterocycles. The Morgan fingerprint density at radius 2 is 1.44 bits per heavy atom. The average Bonchev–Trinajstić information content (AvgIpc) is 2.62. The highest BCUT2D eigenvalue weighted by Gasteiger charge is 2.17. The van der Waals surface area contributed by atoms with Gasteiger partial charge in [-0.1, -0.05) is 36.4 Å². The fraction of sp³-hybridized carbons (Fsp3) is 0.550. The molecule has 1 heterocycles. The Morgan fingerprint density at radius 3 is 1.92 bits per heavy atom. The second kappa shape index (κ2) is 9.70. The van der Waals surface area contributed by atoms with Crippen LogP contribution >= 0.6 is 0 Å². The van der Waals surface area contributed by atoms with Crippen molar-refractivity contribution in [3.8, 4) is 0 Å². The van der Waals surface area contributed by atoms with Gasteiger partial charge in [-0.15, -0.1) is 0 Å². The summed E-state index contributed by atoms with van der Waals surface area (Å²) in [5, 5.41) is 9.56. The van der Waals surface area contributed by atoms with Crippen LogP contribution in [0.2, 0.25) is 0 Å². The van der Waals surface area contributed by atoms with Gasteiger partial charge in [0.05, 0.1) is 18.8 Å². The molecule has 1 aromatic rings. The van der Waals surface area contributed by atoms with E-state index in [1.54, 1.807) is 6.92 Å². The summed E-state index contributed by atoms with van der Waals surface area (Å²) in [6.45, 7) is 14.6. The maximum absolute atomic E-state index is 11.5. The molecule has 0 atom stereocenters. The summed E-state index contributed by atoms with van der Waals surface area (Å²) in [7, 11) is 0. The van der Waals surface area contributed by atoms with Crippen LogP contribution in [-0.4, -0.2) is 77.9 Å². The normalized spacial score (nSPS) is 18.3. The Bertz CT molecular complexity index is 543. The van der Waals surface area contributed by atoms with Crippen LogP contribution in [0.25, 0.3) is 0 Å². The minimum absolute atomic E-state index is 0.197. The first-order chi connectivity index (χ1) is 11.9. The monoisotopic (exact) mass is 345 g/mol. The third-order valence-electron chi connectivity index (χ3n) is 4.58. The van der Waals surface area contributed by atoms with E-state index in [4.69, 9.17) is 0 Å². The van der Waals surface area contributed by atoms with E-state index in [0.29, 0.717) is 13.1 Å². The fourth-order valence-corrected chi connectivity index (χ4v) is 3.18. The van der Waals surface area contributed by atoms with Gasteiger partial charge in [0.15, 0.2) is 0 Å². The van der Waals surface area contributed by atoms with E-state index in [1.807, 2.05) is 0 Å². The van der Waals surface area contributed by atoms with E-state index in [-0.39, 0.29) is 11.5 Å². The summed E-state index contributed by atoms with van der Waals surface area (Å²) in [6.07, 6.45) is 0. The summed E-state index contributed by atoms with van der Waals surface area (Å²) in [4.78, 5) is 18.4. The van der Waals surface area contributed by atoms with E-state index in [9.17, 15) is 9.90 Å². The minimum atomic E-state index is 0.197. The number of rotatable bonds is 6. The number of carbonyl (C=O) groups is 1. The first-order valence-electron chi connectivity index (χ1n) is 9.01. The predicted octanol–water partition coefficient (Wildman–Crippen LogP) is 2.08. The molecule has 0 radical (unpaired) electrons. The zero-order chi connectivity index (χ0) is 18.2. The number of ketones is 1. The zero-order valence-corrected chi connectivity index (χ0v) is 15.6. The molecule has 1 N–H and O–H groups in total. The fourth-order valence-electron chi connectivity index (χ4n) is 3.18. The Labute approximate surface area is 151 Å². The van der Waals surface area contributed by atoms with Crippen molar-refractivity contribution in [2.24, 2.45) is 0 Å². The SMILES string of the molecule is C=C(O)CN1CCN(CC(C)=O)CCN(Cc2ccc(C)cc2)CC1. The molecule has 0 spiro atoms. The van der Waals surface area contributed by atoms with Gasteiger partial charge in [-0.2, -0.15) is 0 Å². The van der Waals surface area contributed by atoms with Gasteiger partial charge in [-0.3, -0.25) is 19.5 Å². The zero-order valence-electron chi connectivity index (χ0n) is 15.6. The molecule has 0 saturated carbocycles. The number of benzene rings is 1. The number of aliphatic hydroxyl groups is 1. The van der Waals surface area contributed by atoms with Crippen molar-refractivity contribution < 1.29 is 9.90 Å². The summed E-state index contributed by atoms with van der Waals surface area (Å²) in [5.41, 5.74) is 2.58. The van der Waals surface area contributed by atoms with E-state index >= 15 is 0 Å². The highest BCUT2D eigenvalue weighted by molar-refractivity contribution is 5.77. The molecule has 1 aliphatic heterocycles. The second-order valence-corrected chi connectivity index (χ2v) is 7.08. The molecule has 1 aromatic carbocycles. The molecule has 5 nitrogen and oxygen atoms in total. The molecular weight excluding hydrogens is 314 g/mol. The van der Waals surface area contributed by atoms with Gasteiger partial charge >= 0.3 is 0 Å². The number of carbonyl (C=O) groups excluding carboxylic acids is 1. The lowest BCUT2D eigenvalue weighted by Crippen LogP contribution is -2.38. The maximum atomic E-state index is 11.5. The first-order valence-corrected chi connectivity index (χ1v) is 9.01. The van der Waals surface area contributed by atoms with Gasteiger partial charge in [-0.25, -0.2) is 0 Å². The number of Topliss-reactive ketones (excluding diaryl/α,β-unsaturated/α-hetero) is 1. The lowest BCUT2D eigenvalue weighted by molar-refractivity contribution is -0.118. The second-order valence-electron chi connectivity index (χ2n) is 7.08. The van der Waals surface area contributed by atoms with Gasteiger partial charge in [0.1, 0.15) is 5.78 Å². The van der Waals surface area contributed by atoms with E-state index in [2.05, 4.69) is 52.5 Å². The number of nitrogens with zero attached hydrogens (tertiary/aromatic N) is 3. The quantitative estimate of drug-likeness (QED) is 0.800. The summed E-state index contributed by atoms with van der Waals surface area (Å²) in [5.74, 6) is 0.393. The van der Waals surface area contributed by atoms with Crippen molar-refractivity contribution in [3.63, 3.8) is 0 Å². The smallest absolute Gasteiger partial charge is 0.143 e. The maximum Gasteiger partial charge on any atom is 0.143 e. The molecule has 2 rings (SSSR count). The van der Waals surface area contributed by atoms with Crippen molar-refractivity contribution >= 4 is 5.78 Å². The molecule has 0 aliphatic carbocycles. The molecular formula is C20H31N3O2. The predicted molar refractivity (Wildman–Crippen MR) is 102 cm³/mol. The highest BCUT2D eigenvalue weighted by Crippen LogP contribution is 2.09. The lowest BCUT2D eigenvalue weighted by Gasteiger charge is -2.25. The largest absolute Gasteiger partial charge is 0.512 e. The van der Waals surface area contributed by atoms with Crippen LogP contribution in [0.4, 0.5) is 0 Å². The third kappa shape index (κ3) is 7.38. The summed E-state index contributed by atoms with van der Waals surface area (Å²) in [6, 6.07) is 8.66. The standard InChI is InChI=1S/C20H31N3O2/c1-17-4-6-20(7-5-17)16-23-12-10-21(14-18(2)24)8-9-22(11-13-23)15-19(3)25/h4-7,24H,2,8-16H2,1,3H3. The third-order valence-corrected chi connectivity index (χ3v) is 4.58. The molecule has 0 amide bonds. The van der Waals surface area contributed by atoms with Crippen molar-refractivity contribution in [3.05, 3.63) is 47.7 Å². The highest BCUT2D eigenvalue weighted by atomic mass is 16.3. The van der Waals surface area contributed by atoms with Crippen molar-refractivity contribution in [1.82, 2.24) is 14.7 Å². The van der Waals surface area contributed by atoms with Crippen LogP contribution in [0.3, 0.4) is 0 Å². The van der Waals surface area contributed by atoms with E-state index in [1.165, 1.54) is 11.1 Å². The van der Waals surface area contributed by atoms with Crippen LogP contribution < -0.4 is 0 Å². The Balaban J connectivity index is 2.03. The Hall–Kier alpha value is -1.69. The van der Waals surface area contributed by atoms with Crippen LogP contribution in [-0.2, 0) is 11.3 Å².